The first-order valence-corrected chi connectivity index (χ1v) is 8.29. The van der Waals surface area contributed by atoms with Gasteiger partial charge in [-0.2, -0.15) is 0 Å². The molecule has 0 amide bonds. The van der Waals surface area contributed by atoms with Crippen molar-refractivity contribution < 1.29 is 24.2 Å². The highest BCUT2D eigenvalue weighted by Gasteiger charge is 2.11. The molecule has 0 unspecified atom stereocenters. The molecular weight excluding hydrogens is 348 g/mol. The van der Waals surface area contributed by atoms with Crippen molar-refractivity contribution in [1.82, 2.24) is 9.97 Å². The molecule has 0 spiro atoms. The van der Waals surface area contributed by atoms with Crippen molar-refractivity contribution in [3.05, 3.63) is 59.4 Å². The fourth-order valence-corrected chi connectivity index (χ4v) is 2.50. The lowest BCUT2D eigenvalue weighted by molar-refractivity contribution is -0.141. The molecule has 27 heavy (non-hydrogen) atoms. The minimum Gasteiger partial charge on any atom is -0.490 e. The Morgan fingerprint density at radius 3 is 2.59 bits per heavy atom. The van der Waals surface area contributed by atoms with Gasteiger partial charge in [0.1, 0.15) is 30.3 Å². The summed E-state index contributed by atoms with van der Waals surface area (Å²) in [4.78, 5) is 29.4. The van der Waals surface area contributed by atoms with E-state index in [1.807, 2.05) is 30.3 Å². The molecule has 0 aliphatic carbocycles. The van der Waals surface area contributed by atoms with Crippen LogP contribution < -0.4 is 4.74 Å². The number of carboxylic acid groups (broad SMARTS) is 1. The van der Waals surface area contributed by atoms with Gasteiger partial charge in [-0.3, -0.25) is 4.79 Å². The number of hydrogen-bond donors (Lipinski definition) is 2. The minimum atomic E-state index is -1.01. The Hall–Kier alpha value is -3.61. The lowest BCUT2D eigenvalue weighted by Crippen LogP contribution is -2.09. The highest BCUT2D eigenvalue weighted by Crippen LogP contribution is 2.18. The van der Waals surface area contributed by atoms with Crippen LogP contribution in [0.1, 0.15) is 28.7 Å². The topological polar surface area (TPSA) is 102 Å². The summed E-state index contributed by atoms with van der Waals surface area (Å²) in [6.07, 6.45) is 3.64. The molecule has 0 aliphatic rings. The van der Waals surface area contributed by atoms with Crippen LogP contribution in [-0.4, -0.2) is 40.2 Å². The molecule has 3 rings (SSSR count). The predicted octanol–water partition coefficient (Wildman–Crippen LogP) is 3.37. The summed E-state index contributed by atoms with van der Waals surface area (Å²) >= 11 is 0. The van der Waals surface area contributed by atoms with Crippen molar-refractivity contribution in [3.63, 3.8) is 0 Å². The summed E-state index contributed by atoms with van der Waals surface area (Å²) < 4.78 is 10.3. The zero-order valence-corrected chi connectivity index (χ0v) is 14.6. The number of hydrogen-bond acceptors (Lipinski definition) is 5. The van der Waals surface area contributed by atoms with Crippen LogP contribution in [-0.2, 0) is 9.53 Å². The van der Waals surface area contributed by atoms with Gasteiger partial charge in [-0.1, -0.05) is 24.3 Å². The van der Waals surface area contributed by atoms with Crippen LogP contribution in [0.3, 0.4) is 0 Å². The Morgan fingerprint density at radius 2 is 1.89 bits per heavy atom. The maximum Gasteiger partial charge on any atom is 0.337 e. The third kappa shape index (κ3) is 4.72. The molecule has 2 aromatic carbocycles. The Labute approximate surface area is 155 Å². The Balaban J connectivity index is 1.66. The molecule has 1 heterocycles. The van der Waals surface area contributed by atoms with Crippen molar-refractivity contribution in [1.29, 1.82) is 0 Å². The summed E-state index contributed by atoms with van der Waals surface area (Å²) in [5, 5.41) is 9.22. The van der Waals surface area contributed by atoms with E-state index in [2.05, 4.69) is 9.97 Å². The molecular formula is C20H18N2O5. The zero-order valence-electron chi connectivity index (χ0n) is 14.6. The smallest absolute Gasteiger partial charge is 0.337 e. The van der Waals surface area contributed by atoms with Crippen LogP contribution in [0.25, 0.3) is 23.2 Å². The fourth-order valence-electron chi connectivity index (χ4n) is 2.50. The highest BCUT2D eigenvalue weighted by molar-refractivity contribution is 6.01. The van der Waals surface area contributed by atoms with Crippen LogP contribution in [0.15, 0.2) is 42.5 Å². The maximum atomic E-state index is 11.3. The van der Waals surface area contributed by atoms with Gasteiger partial charge < -0.3 is 19.6 Å². The van der Waals surface area contributed by atoms with Gasteiger partial charge in [0.05, 0.1) is 11.1 Å². The summed E-state index contributed by atoms with van der Waals surface area (Å²) in [5.41, 5.74) is 2.20. The van der Waals surface area contributed by atoms with Crippen molar-refractivity contribution >= 4 is 35.1 Å². The van der Waals surface area contributed by atoms with Gasteiger partial charge >= 0.3 is 11.9 Å². The van der Waals surface area contributed by atoms with Crippen molar-refractivity contribution in [2.75, 3.05) is 13.2 Å². The van der Waals surface area contributed by atoms with Gasteiger partial charge in [-0.15, -0.1) is 0 Å². The number of nitrogens with zero attached hydrogens (tertiary/aromatic N) is 1. The van der Waals surface area contributed by atoms with E-state index >= 15 is 0 Å². The van der Waals surface area contributed by atoms with Crippen molar-refractivity contribution in [2.24, 2.45) is 0 Å². The molecule has 0 atom stereocenters. The van der Waals surface area contributed by atoms with Crippen LogP contribution in [0.5, 0.6) is 5.75 Å². The van der Waals surface area contributed by atoms with Gasteiger partial charge in [-0.25, -0.2) is 9.78 Å². The van der Waals surface area contributed by atoms with Gasteiger partial charge in [0.2, 0.25) is 0 Å². The fraction of sp³-hybridized carbons (Fsp3) is 0.150. The number of H-pyrrole nitrogens is 1. The standard InChI is InChI=1S/C20H18N2O5/c1-13(23)26-11-12-27-15-8-5-14(6-9-15)7-10-18-21-17-4-2-3-16(20(24)25)19(17)22-18/h2-10H,11-12H2,1H3,(H,21,22)(H,24,25). The Bertz CT molecular complexity index is 989. The van der Waals surface area contributed by atoms with Crippen molar-refractivity contribution in [3.8, 4) is 5.75 Å². The molecule has 0 fully saturated rings. The number of ether oxygens (including phenoxy) is 2. The second-order valence-corrected chi connectivity index (χ2v) is 5.72. The van der Waals surface area contributed by atoms with Crippen molar-refractivity contribution in [2.45, 2.75) is 6.92 Å². The van der Waals surface area contributed by atoms with Crippen LogP contribution in [0.4, 0.5) is 0 Å². The van der Waals surface area contributed by atoms with Gasteiger partial charge in [0.25, 0.3) is 0 Å². The monoisotopic (exact) mass is 366 g/mol. The van der Waals surface area contributed by atoms with Gasteiger partial charge in [0.15, 0.2) is 0 Å². The SMILES string of the molecule is CC(=O)OCCOc1ccc(C=Cc2nc3c(C(=O)O)cccc3[nH]2)cc1. The summed E-state index contributed by atoms with van der Waals surface area (Å²) in [6, 6.07) is 12.4. The van der Waals surface area contributed by atoms with E-state index < -0.39 is 5.97 Å². The van der Waals surface area contributed by atoms with Crippen LogP contribution in [0.2, 0.25) is 0 Å². The maximum absolute atomic E-state index is 11.3. The second kappa shape index (κ2) is 8.18. The number of nitrogens with one attached hydrogen (secondary N) is 1. The minimum absolute atomic E-state index is 0.165. The first-order valence-electron chi connectivity index (χ1n) is 8.29. The van der Waals surface area contributed by atoms with Crippen LogP contribution in [0, 0.1) is 0 Å². The number of rotatable bonds is 7. The number of aromatic carboxylic acids is 1. The number of aromatic amines is 1. The molecule has 1 aromatic heterocycles. The average Bonchev–Trinajstić information content (AvgIpc) is 3.07. The first kappa shape index (κ1) is 18.2. The zero-order chi connectivity index (χ0) is 19.2. The molecule has 7 nitrogen and oxygen atoms in total. The van der Waals surface area contributed by atoms with E-state index in [-0.39, 0.29) is 18.1 Å². The van der Waals surface area contributed by atoms with Gasteiger partial charge in [0, 0.05) is 6.92 Å². The Kier molecular flexibility index (Phi) is 5.51. The number of para-hydroxylation sites is 1. The van der Waals surface area contributed by atoms with Gasteiger partial charge in [-0.05, 0) is 35.9 Å². The number of benzene rings is 2. The Morgan fingerprint density at radius 1 is 1.11 bits per heavy atom. The summed E-state index contributed by atoms with van der Waals surface area (Å²) in [5.74, 6) is -0.0957. The van der Waals surface area contributed by atoms with E-state index in [4.69, 9.17) is 9.47 Å². The normalized spacial score (nSPS) is 11.0. The number of aromatic nitrogens is 2. The summed E-state index contributed by atoms with van der Waals surface area (Å²) in [6.45, 7) is 1.85. The third-order valence-corrected chi connectivity index (χ3v) is 3.73. The first-order chi connectivity index (χ1) is 13.0. The lowest BCUT2D eigenvalue weighted by atomic mass is 10.2. The van der Waals surface area contributed by atoms with E-state index in [1.165, 1.54) is 13.0 Å². The van der Waals surface area contributed by atoms with E-state index in [9.17, 15) is 14.7 Å². The number of imidazole rings is 1. The molecule has 0 aliphatic heterocycles. The molecule has 7 heteroatoms. The van der Waals surface area contributed by atoms with Crippen LogP contribution >= 0.6 is 0 Å². The largest absolute Gasteiger partial charge is 0.490 e. The second-order valence-electron chi connectivity index (χ2n) is 5.72. The number of esters is 1. The van der Waals surface area contributed by atoms with E-state index in [1.54, 1.807) is 18.2 Å². The molecule has 2 N–H and O–H groups in total. The third-order valence-electron chi connectivity index (χ3n) is 3.73. The lowest BCUT2D eigenvalue weighted by Gasteiger charge is -2.06. The summed E-state index contributed by atoms with van der Waals surface area (Å²) in [7, 11) is 0. The highest BCUT2D eigenvalue weighted by atomic mass is 16.6. The molecule has 0 saturated carbocycles. The molecule has 3 aromatic rings. The number of carboxylic acids is 1. The predicted molar refractivity (Wildman–Crippen MR) is 101 cm³/mol. The van der Waals surface area contributed by atoms with E-state index in [0.29, 0.717) is 29.2 Å². The number of carbonyl (C=O) groups is 2. The average molecular weight is 366 g/mol. The number of carbonyl (C=O) groups excluding carboxylic acids is 1. The quantitative estimate of drug-likeness (QED) is 0.491. The molecule has 0 bridgehead atoms. The molecule has 138 valence electrons. The molecule has 0 saturated heterocycles. The van der Waals surface area contributed by atoms with E-state index in [0.717, 1.165) is 5.56 Å². The number of fused-ring (bicyclic) bond motifs is 1. The molecule has 0 radical (unpaired) electrons.